The Kier molecular flexibility index (Phi) is 6.21. The Morgan fingerprint density at radius 2 is 1.96 bits per heavy atom. The van der Waals surface area contributed by atoms with Crippen molar-refractivity contribution in [2.75, 3.05) is 13.7 Å². The van der Waals surface area contributed by atoms with E-state index in [1.54, 1.807) is 36.4 Å². The third-order valence-corrected chi connectivity index (χ3v) is 3.70. The predicted molar refractivity (Wildman–Crippen MR) is 92.6 cm³/mol. The van der Waals surface area contributed by atoms with Crippen LogP contribution in [0.1, 0.15) is 29.3 Å². The average Bonchev–Trinajstić information content (AvgIpc) is 2.60. The summed E-state index contributed by atoms with van der Waals surface area (Å²) in [5, 5.41) is 8.78. The summed E-state index contributed by atoms with van der Waals surface area (Å²) in [6.07, 6.45) is 0.859. The molecule has 0 saturated carbocycles. The van der Waals surface area contributed by atoms with Gasteiger partial charge in [0, 0.05) is 0 Å². The molecule has 0 atom stereocenters. The molecule has 2 aromatic carbocycles. The van der Waals surface area contributed by atoms with Gasteiger partial charge in [0.15, 0.2) is 11.5 Å². The van der Waals surface area contributed by atoms with Gasteiger partial charge in [0.1, 0.15) is 5.75 Å². The van der Waals surface area contributed by atoms with Gasteiger partial charge in [0.25, 0.3) is 0 Å². The van der Waals surface area contributed by atoms with Crippen molar-refractivity contribution >= 4 is 21.9 Å². The molecule has 0 bridgehead atoms. The number of benzene rings is 2. The third-order valence-electron chi connectivity index (χ3n) is 3.11. The number of ether oxygens (including phenoxy) is 3. The average molecular weight is 390 g/mol. The molecule has 5 nitrogen and oxygen atoms in total. The van der Waals surface area contributed by atoms with Crippen LogP contribution >= 0.6 is 15.9 Å². The number of carbonyl (C=O) groups excluding carboxylic acids is 1. The molecule has 2 rings (SSSR count). The minimum Gasteiger partial charge on any atom is -0.493 e. The fraction of sp³-hybridized carbons (Fsp3) is 0.222. The summed E-state index contributed by atoms with van der Waals surface area (Å²) in [5.74, 6) is 0.833. The van der Waals surface area contributed by atoms with Crippen molar-refractivity contribution in [2.45, 2.75) is 13.3 Å². The Hall–Kier alpha value is -2.52. The van der Waals surface area contributed by atoms with Crippen molar-refractivity contribution in [1.82, 2.24) is 0 Å². The highest BCUT2D eigenvalue weighted by Crippen LogP contribution is 2.37. The Balaban J connectivity index is 2.22. The number of nitriles is 1. The summed E-state index contributed by atoms with van der Waals surface area (Å²) in [6, 6.07) is 11.5. The van der Waals surface area contributed by atoms with Gasteiger partial charge in [-0.25, -0.2) is 4.79 Å². The first-order chi connectivity index (χ1) is 11.6. The number of rotatable bonds is 6. The lowest BCUT2D eigenvalue weighted by molar-refractivity contribution is 0.0734. The maximum atomic E-state index is 12.3. The number of nitrogens with zero attached hydrogens (tertiary/aromatic N) is 1. The molecule has 0 unspecified atom stereocenters. The van der Waals surface area contributed by atoms with Gasteiger partial charge in [-0.3, -0.25) is 0 Å². The first-order valence-corrected chi connectivity index (χ1v) is 8.11. The van der Waals surface area contributed by atoms with E-state index in [-0.39, 0.29) is 0 Å². The van der Waals surface area contributed by atoms with Crippen LogP contribution in [0, 0.1) is 11.3 Å². The van der Waals surface area contributed by atoms with E-state index in [1.165, 1.54) is 7.11 Å². The van der Waals surface area contributed by atoms with Crippen LogP contribution in [-0.4, -0.2) is 19.7 Å². The van der Waals surface area contributed by atoms with Crippen LogP contribution in [0.25, 0.3) is 0 Å². The van der Waals surface area contributed by atoms with E-state index in [9.17, 15) is 4.79 Å². The van der Waals surface area contributed by atoms with Gasteiger partial charge in [0.05, 0.1) is 35.4 Å². The molecule has 0 amide bonds. The maximum absolute atomic E-state index is 12.3. The molecule has 0 aromatic heterocycles. The zero-order valence-electron chi connectivity index (χ0n) is 13.3. The summed E-state index contributed by atoms with van der Waals surface area (Å²) in [4.78, 5) is 12.3. The lowest BCUT2D eigenvalue weighted by Gasteiger charge is -2.13. The Morgan fingerprint density at radius 1 is 1.25 bits per heavy atom. The Morgan fingerprint density at radius 3 is 2.54 bits per heavy atom. The monoisotopic (exact) mass is 389 g/mol. The SMILES string of the molecule is CCCOc1c(Br)cc(C(=O)Oc2ccc(C#N)cc2)cc1OC. The van der Waals surface area contributed by atoms with Gasteiger partial charge >= 0.3 is 5.97 Å². The fourth-order valence-electron chi connectivity index (χ4n) is 1.95. The smallest absolute Gasteiger partial charge is 0.343 e. The highest BCUT2D eigenvalue weighted by Gasteiger charge is 2.17. The highest BCUT2D eigenvalue weighted by molar-refractivity contribution is 9.10. The summed E-state index contributed by atoms with van der Waals surface area (Å²) in [5.41, 5.74) is 0.823. The second-order valence-electron chi connectivity index (χ2n) is 4.86. The molecule has 2 aromatic rings. The zero-order chi connectivity index (χ0) is 17.5. The Bertz CT molecular complexity index is 766. The predicted octanol–water partition coefficient (Wildman–Crippen LogP) is 4.34. The largest absolute Gasteiger partial charge is 0.493 e. The van der Waals surface area contributed by atoms with Crippen LogP contribution in [0.5, 0.6) is 17.2 Å². The molecule has 0 radical (unpaired) electrons. The number of hydrogen-bond donors (Lipinski definition) is 0. The van der Waals surface area contributed by atoms with Gasteiger partial charge < -0.3 is 14.2 Å². The maximum Gasteiger partial charge on any atom is 0.343 e. The van der Waals surface area contributed by atoms with Gasteiger partial charge in [0.2, 0.25) is 0 Å². The molecule has 0 heterocycles. The summed E-state index contributed by atoms with van der Waals surface area (Å²) in [7, 11) is 1.51. The molecule has 0 fully saturated rings. The van der Waals surface area contributed by atoms with Gasteiger partial charge in [-0.2, -0.15) is 5.26 Å². The summed E-state index contributed by atoms with van der Waals surface area (Å²) < 4.78 is 16.9. The first-order valence-electron chi connectivity index (χ1n) is 7.31. The molecule has 0 N–H and O–H groups in total. The fourth-order valence-corrected chi connectivity index (χ4v) is 2.50. The van der Waals surface area contributed by atoms with Crippen molar-refractivity contribution in [3.63, 3.8) is 0 Å². The van der Waals surface area contributed by atoms with Crippen LogP contribution in [0.15, 0.2) is 40.9 Å². The zero-order valence-corrected chi connectivity index (χ0v) is 14.9. The van der Waals surface area contributed by atoms with E-state index in [4.69, 9.17) is 19.5 Å². The summed E-state index contributed by atoms with van der Waals surface area (Å²) >= 11 is 3.39. The third kappa shape index (κ3) is 4.27. The van der Waals surface area contributed by atoms with Crippen molar-refractivity contribution in [3.8, 4) is 23.3 Å². The van der Waals surface area contributed by atoms with Crippen LogP contribution in [0.3, 0.4) is 0 Å². The van der Waals surface area contributed by atoms with E-state index in [0.717, 1.165) is 6.42 Å². The first kappa shape index (κ1) is 17.8. The highest BCUT2D eigenvalue weighted by atomic mass is 79.9. The van der Waals surface area contributed by atoms with Crippen LogP contribution in [0.2, 0.25) is 0 Å². The molecule has 24 heavy (non-hydrogen) atoms. The number of hydrogen-bond acceptors (Lipinski definition) is 5. The second-order valence-corrected chi connectivity index (χ2v) is 5.72. The van der Waals surface area contributed by atoms with Gasteiger partial charge in [-0.15, -0.1) is 0 Å². The molecule has 0 aliphatic rings. The topological polar surface area (TPSA) is 68.5 Å². The molecule has 0 aliphatic heterocycles. The van der Waals surface area contributed by atoms with Gasteiger partial charge in [-0.1, -0.05) is 6.92 Å². The number of methoxy groups -OCH3 is 1. The van der Waals surface area contributed by atoms with E-state index < -0.39 is 5.97 Å². The molecule has 124 valence electrons. The number of halogens is 1. The van der Waals surface area contributed by atoms with Gasteiger partial charge in [-0.05, 0) is 58.7 Å². The molecular formula is C18H16BrNO4. The molecule has 0 saturated heterocycles. The number of carbonyl (C=O) groups is 1. The second kappa shape index (κ2) is 8.37. The minimum absolute atomic E-state index is 0.326. The van der Waals surface area contributed by atoms with E-state index in [2.05, 4.69) is 15.9 Å². The van der Waals surface area contributed by atoms with E-state index >= 15 is 0 Å². The van der Waals surface area contributed by atoms with E-state index in [1.807, 2.05) is 13.0 Å². The molecule has 6 heteroatoms. The molecular weight excluding hydrogens is 374 g/mol. The lowest BCUT2D eigenvalue weighted by atomic mass is 10.2. The van der Waals surface area contributed by atoms with Crippen LogP contribution in [0.4, 0.5) is 0 Å². The minimum atomic E-state index is -0.527. The Labute approximate surface area is 148 Å². The normalized spacial score (nSPS) is 9.92. The van der Waals surface area contributed by atoms with Crippen molar-refractivity contribution in [1.29, 1.82) is 5.26 Å². The van der Waals surface area contributed by atoms with Crippen molar-refractivity contribution < 1.29 is 19.0 Å². The molecule has 0 spiro atoms. The van der Waals surface area contributed by atoms with Crippen LogP contribution < -0.4 is 14.2 Å². The lowest BCUT2D eigenvalue weighted by Crippen LogP contribution is -2.09. The quantitative estimate of drug-likeness (QED) is 0.542. The van der Waals surface area contributed by atoms with E-state index in [0.29, 0.717) is 39.5 Å². The van der Waals surface area contributed by atoms with Crippen LogP contribution in [-0.2, 0) is 0 Å². The van der Waals surface area contributed by atoms with Crippen molar-refractivity contribution in [3.05, 3.63) is 52.0 Å². The summed E-state index contributed by atoms with van der Waals surface area (Å²) in [6.45, 7) is 2.55. The standard InChI is InChI=1S/C18H16BrNO4/c1-3-8-23-17-15(19)9-13(10-16(17)22-2)18(21)24-14-6-4-12(11-20)5-7-14/h4-7,9-10H,3,8H2,1-2H3. The molecule has 0 aliphatic carbocycles. The van der Waals surface area contributed by atoms with Crippen molar-refractivity contribution in [2.24, 2.45) is 0 Å². The number of esters is 1.